The molecule has 0 aliphatic rings. The molecule has 8 heteroatoms. The topological polar surface area (TPSA) is 93.2 Å². The van der Waals surface area contributed by atoms with Crippen LogP contribution in [-0.4, -0.2) is 28.9 Å². The molecule has 0 aliphatic carbocycles. The number of amides is 2. The molecule has 1 aromatic carbocycles. The van der Waals surface area contributed by atoms with E-state index < -0.39 is 0 Å². The first-order chi connectivity index (χ1) is 11.5. The first-order valence-electron chi connectivity index (χ1n) is 7.06. The number of nitrogens with one attached hydrogen (secondary N) is 2. The van der Waals surface area contributed by atoms with Crippen LogP contribution in [0.4, 0.5) is 10.8 Å². The van der Waals surface area contributed by atoms with E-state index >= 15 is 0 Å². The number of methoxy groups -OCH3 is 1. The number of carbonyl (C=O) groups excluding carboxylic acids is 2. The van der Waals surface area contributed by atoms with E-state index in [0.29, 0.717) is 32.6 Å². The summed E-state index contributed by atoms with van der Waals surface area (Å²) in [4.78, 5) is 32.5. The average molecular weight is 342 g/mol. The Morgan fingerprint density at radius 1 is 1.04 bits per heavy atom. The third-order valence-corrected chi connectivity index (χ3v) is 4.01. The van der Waals surface area contributed by atoms with Crippen LogP contribution in [0.5, 0.6) is 5.88 Å². The van der Waals surface area contributed by atoms with Crippen LogP contribution < -0.4 is 15.4 Å². The van der Waals surface area contributed by atoms with Crippen LogP contribution in [0.3, 0.4) is 0 Å². The number of hydrogen-bond donors (Lipinski definition) is 2. The molecule has 0 aliphatic heterocycles. The van der Waals surface area contributed by atoms with Gasteiger partial charge in [0.05, 0.1) is 7.11 Å². The lowest BCUT2D eigenvalue weighted by atomic mass is 10.2. The van der Waals surface area contributed by atoms with Crippen molar-refractivity contribution in [2.75, 3.05) is 17.7 Å². The monoisotopic (exact) mass is 342 g/mol. The standard InChI is InChI=1S/C16H14N4O3S/c1-9(21)17-11-5-3-10(4-6-11)14(22)20-16-18-12-7-8-13(23-2)19-15(12)24-16/h3-8H,1-2H3,(H,17,21)(H,18,20,22). The molecule has 3 aromatic rings. The van der Waals surface area contributed by atoms with Crippen molar-refractivity contribution in [1.82, 2.24) is 9.97 Å². The SMILES string of the molecule is COc1ccc2nc(NC(=O)c3ccc(NC(C)=O)cc3)sc2n1. The third-order valence-electron chi connectivity index (χ3n) is 3.13. The number of fused-ring (bicyclic) bond motifs is 1. The zero-order valence-electron chi connectivity index (χ0n) is 13.0. The lowest BCUT2D eigenvalue weighted by Gasteiger charge is -2.04. The normalized spacial score (nSPS) is 10.4. The van der Waals surface area contributed by atoms with Crippen LogP contribution in [0.2, 0.25) is 0 Å². The maximum Gasteiger partial charge on any atom is 0.257 e. The largest absolute Gasteiger partial charge is 0.481 e. The molecular weight excluding hydrogens is 328 g/mol. The van der Waals surface area contributed by atoms with E-state index in [2.05, 4.69) is 20.6 Å². The van der Waals surface area contributed by atoms with E-state index in [1.165, 1.54) is 18.3 Å². The molecule has 0 saturated carbocycles. The lowest BCUT2D eigenvalue weighted by Crippen LogP contribution is -2.12. The summed E-state index contributed by atoms with van der Waals surface area (Å²) in [6, 6.07) is 10.1. The highest BCUT2D eigenvalue weighted by atomic mass is 32.1. The van der Waals surface area contributed by atoms with Gasteiger partial charge in [-0.3, -0.25) is 14.9 Å². The minimum atomic E-state index is -0.282. The zero-order chi connectivity index (χ0) is 17.1. The van der Waals surface area contributed by atoms with Crippen molar-refractivity contribution in [2.24, 2.45) is 0 Å². The van der Waals surface area contributed by atoms with Gasteiger partial charge in [-0.25, -0.2) is 9.97 Å². The summed E-state index contributed by atoms with van der Waals surface area (Å²) in [7, 11) is 1.54. The molecule has 122 valence electrons. The van der Waals surface area contributed by atoms with Crippen LogP contribution in [0.15, 0.2) is 36.4 Å². The third kappa shape index (κ3) is 3.49. The molecule has 0 unspecified atom stereocenters. The van der Waals surface area contributed by atoms with Crippen molar-refractivity contribution < 1.29 is 14.3 Å². The predicted molar refractivity (Wildman–Crippen MR) is 92.7 cm³/mol. The van der Waals surface area contributed by atoms with Crippen LogP contribution >= 0.6 is 11.3 Å². The second-order valence-electron chi connectivity index (χ2n) is 4.91. The highest BCUT2D eigenvalue weighted by Crippen LogP contribution is 2.26. The molecule has 0 atom stereocenters. The van der Waals surface area contributed by atoms with Crippen molar-refractivity contribution in [2.45, 2.75) is 6.92 Å². The number of rotatable bonds is 4. The zero-order valence-corrected chi connectivity index (χ0v) is 13.8. The Kier molecular flexibility index (Phi) is 4.39. The highest BCUT2D eigenvalue weighted by molar-refractivity contribution is 7.22. The lowest BCUT2D eigenvalue weighted by molar-refractivity contribution is -0.114. The Balaban J connectivity index is 1.75. The minimum absolute atomic E-state index is 0.162. The Morgan fingerprint density at radius 2 is 1.79 bits per heavy atom. The van der Waals surface area contributed by atoms with E-state index in [4.69, 9.17) is 4.74 Å². The molecule has 0 bridgehead atoms. The molecule has 0 spiro atoms. The Bertz CT molecular complexity index is 905. The summed E-state index contributed by atoms with van der Waals surface area (Å²) in [5.74, 6) is 0.0533. The second-order valence-corrected chi connectivity index (χ2v) is 5.89. The molecule has 7 nitrogen and oxygen atoms in total. The van der Waals surface area contributed by atoms with Gasteiger partial charge in [0.1, 0.15) is 10.3 Å². The molecule has 0 radical (unpaired) electrons. The number of hydrogen-bond acceptors (Lipinski definition) is 6. The highest BCUT2D eigenvalue weighted by Gasteiger charge is 2.11. The number of pyridine rings is 1. The number of ether oxygens (including phenoxy) is 1. The average Bonchev–Trinajstić information content (AvgIpc) is 2.96. The number of anilines is 2. The van der Waals surface area contributed by atoms with Gasteiger partial charge in [0.25, 0.3) is 5.91 Å². The molecule has 2 amide bonds. The summed E-state index contributed by atoms with van der Waals surface area (Å²) >= 11 is 1.27. The fraction of sp³-hybridized carbons (Fsp3) is 0.125. The number of aromatic nitrogens is 2. The first kappa shape index (κ1) is 15.9. The van der Waals surface area contributed by atoms with Crippen molar-refractivity contribution in [3.63, 3.8) is 0 Å². The molecule has 2 heterocycles. The molecule has 3 rings (SSSR count). The first-order valence-corrected chi connectivity index (χ1v) is 7.87. The van der Waals surface area contributed by atoms with Gasteiger partial charge in [-0.05, 0) is 30.3 Å². The van der Waals surface area contributed by atoms with Gasteiger partial charge in [0.2, 0.25) is 11.8 Å². The second kappa shape index (κ2) is 6.63. The number of thiazole rings is 1. The van der Waals surface area contributed by atoms with E-state index in [1.807, 2.05) is 0 Å². The quantitative estimate of drug-likeness (QED) is 0.760. The van der Waals surface area contributed by atoms with Gasteiger partial charge in [-0.2, -0.15) is 0 Å². The van der Waals surface area contributed by atoms with Crippen molar-refractivity contribution >= 4 is 44.3 Å². The summed E-state index contributed by atoms with van der Waals surface area (Å²) in [5.41, 5.74) is 1.79. The molecule has 2 aromatic heterocycles. The Labute approximate surface area is 141 Å². The Morgan fingerprint density at radius 3 is 2.46 bits per heavy atom. The van der Waals surface area contributed by atoms with Gasteiger partial charge in [0.15, 0.2) is 5.13 Å². The number of carbonyl (C=O) groups is 2. The van der Waals surface area contributed by atoms with Crippen molar-refractivity contribution in [3.8, 4) is 5.88 Å². The van der Waals surface area contributed by atoms with E-state index in [1.54, 1.807) is 43.5 Å². The van der Waals surface area contributed by atoms with Crippen LogP contribution in [0, 0.1) is 0 Å². The fourth-order valence-electron chi connectivity index (χ4n) is 2.04. The molecule has 24 heavy (non-hydrogen) atoms. The number of benzene rings is 1. The van der Waals surface area contributed by atoms with E-state index in [-0.39, 0.29) is 11.8 Å². The van der Waals surface area contributed by atoms with Gasteiger partial charge in [-0.1, -0.05) is 11.3 Å². The summed E-state index contributed by atoms with van der Waals surface area (Å²) in [6.07, 6.45) is 0. The summed E-state index contributed by atoms with van der Waals surface area (Å²) in [5, 5.41) is 5.85. The molecular formula is C16H14N4O3S. The smallest absolute Gasteiger partial charge is 0.257 e. The van der Waals surface area contributed by atoms with Gasteiger partial charge in [0, 0.05) is 24.2 Å². The minimum Gasteiger partial charge on any atom is -0.481 e. The predicted octanol–water partition coefficient (Wildman–Crippen LogP) is 2.91. The van der Waals surface area contributed by atoms with Crippen LogP contribution in [0.25, 0.3) is 10.3 Å². The summed E-state index contributed by atoms with van der Waals surface area (Å²) in [6.45, 7) is 1.43. The maximum atomic E-state index is 12.3. The summed E-state index contributed by atoms with van der Waals surface area (Å²) < 4.78 is 5.07. The van der Waals surface area contributed by atoms with Crippen molar-refractivity contribution in [1.29, 1.82) is 0 Å². The van der Waals surface area contributed by atoms with E-state index in [0.717, 1.165) is 0 Å². The van der Waals surface area contributed by atoms with Crippen LogP contribution in [-0.2, 0) is 4.79 Å². The van der Waals surface area contributed by atoms with Crippen LogP contribution in [0.1, 0.15) is 17.3 Å². The van der Waals surface area contributed by atoms with E-state index in [9.17, 15) is 9.59 Å². The Hall–Kier alpha value is -3.00. The maximum absolute atomic E-state index is 12.3. The molecule has 2 N–H and O–H groups in total. The van der Waals surface area contributed by atoms with Gasteiger partial charge < -0.3 is 10.1 Å². The molecule has 0 fully saturated rings. The van der Waals surface area contributed by atoms with Crippen molar-refractivity contribution in [3.05, 3.63) is 42.0 Å². The number of nitrogens with zero attached hydrogens (tertiary/aromatic N) is 2. The van der Waals surface area contributed by atoms with Gasteiger partial charge in [-0.15, -0.1) is 0 Å². The molecule has 0 saturated heterocycles. The fourth-order valence-corrected chi connectivity index (χ4v) is 2.87. The van der Waals surface area contributed by atoms with Gasteiger partial charge >= 0.3 is 0 Å².